The highest BCUT2D eigenvalue weighted by Crippen LogP contribution is 2.67. The van der Waals surface area contributed by atoms with Gasteiger partial charge < -0.3 is 14.9 Å². The number of carbonyl (C=O) groups is 3. The molecule has 0 aromatic rings. The molecule has 3 saturated carbocycles. The molecule has 0 aromatic carbocycles. The Kier molecular flexibility index (Phi) is 5.30. The third-order valence-corrected chi connectivity index (χ3v) is 8.64. The molecule has 2 N–H and O–H groups in total. The molecule has 0 spiro atoms. The number of carbonyl (C=O) groups excluding carboxylic acids is 3. The van der Waals surface area contributed by atoms with Crippen molar-refractivity contribution in [1.82, 2.24) is 0 Å². The fourth-order valence-electron chi connectivity index (χ4n) is 7.55. The van der Waals surface area contributed by atoms with Crippen LogP contribution in [0.5, 0.6) is 0 Å². The zero-order valence-electron chi connectivity index (χ0n) is 18.0. The molecule has 4 rings (SSSR count). The number of hydrogen-bond donors (Lipinski definition) is 2. The lowest BCUT2D eigenvalue weighted by Gasteiger charge is -2.58. The molecule has 3 fully saturated rings. The van der Waals surface area contributed by atoms with Crippen molar-refractivity contribution in [3.63, 3.8) is 0 Å². The normalized spacial score (nSPS) is 44.6. The highest BCUT2D eigenvalue weighted by Gasteiger charge is 2.66. The lowest BCUT2D eigenvalue weighted by Crippen LogP contribution is -2.56. The number of aliphatic hydroxyl groups excluding tert-OH is 2. The van der Waals surface area contributed by atoms with Crippen LogP contribution in [0, 0.1) is 40.4 Å². The molecule has 0 heterocycles. The Morgan fingerprint density at radius 2 is 2.03 bits per heavy atom. The van der Waals surface area contributed by atoms with Crippen LogP contribution in [0.1, 0.15) is 46.5 Å². The maximum Gasteiger partial charge on any atom is 0.309 e. The van der Waals surface area contributed by atoms with Crippen molar-refractivity contribution < 1.29 is 29.3 Å². The van der Waals surface area contributed by atoms with Crippen LogP contribution < -0.4 is 0 Å². The van der Waals surface area contributed by atoms with E-state index in [0.29, 0.717) is 12.8 Å². The molecule has 4 aliphatic carbocycles. The van der Waals surface area contributed by atoms with E-state index in [1.165, 1.54) is 0 Å². The molecular weight excluding hydrogens is 384 g/mol. The number of fused-ring (bicyclic) bond motifs is 5. The number of ether oxygens (including phenoxy) is 1. The Bertz CT molecular complexity index is 828. The fraction of sp³-hybridized carbons (Fsp3) is 0.708. The fourth-order valence-corrected chi connectivity index (χ4v) is 7.55. The van der Waals surface area contributed by atoms with Gasteiger partial charge in [0.25, 0.3) is 0 Å². The van der Waals surface area contributed by atoms with Gasteiger partial charge in [-0.15, -0.1) is 0 Å². The Balaban J connectivity index is 1.74. The molecule has 0 aromatic heterocycles. The molecule has 1 unspecified atom stereocenters. The summed E-state index contributed by atoms with van der Waals surface area (Å²) in [4.78, 5) is 37.5. The molecule has 0 amide bonds. The van der Waals surface area contributed by atoms with Crippen LogP contribution >= 0.6 is 0 Å². The molecular formula is C24H32O6. The highest BCUT2D eigenvalue weighted by molar-refractivity contribution is 6.01. The average Bonchev–Trinajstić information content (AvgIpc) is 3.00. The highest BCUT2D eigenvalue weighted by atomic mass is 16.5. The summed E-state index contributed by atoms with van der Waals surface area (Å²) < 4.78 is 5.29. The third-order valence-electron chi connectivity index (χ3n) is 8.64. The molecule has 164 valence electrons. The van der Waals surface area contributed by atoms with Crippen molar-refractivity contribution in [1.29, 1.82) is 0 Å². The first-order chi connectivity index (χ1) is 14.2. The quantitative estimate of drug-likeness (QED) is 0.682. The van der Waals surface area contributed by atoms with Crippen molar-refractivity contribution in [2.75, 3.05) is 13.2 Å². The summed E-state index contributed by atoms with van der Waals surface area (Å²) in [6, 6.07) is 0. The number of allylic oxidation sites excluding steroid dienone is 4. The molecule has 6 nitrogen and oxygen atoms in total. The topological polar surface area (TPSA) is 101 Å². The largest absolute Gasteiger partial charge is 0.466 e. The molecule has 6 heteroatoms. The van der Waals surface area contributed by atoms with Crippen LogP contribution in [0.4, 0.5) is 0 Å². The number of aliphatic hydroxyl groups is 2. The maximum atomic E-state index is 12.8. The van der Waals surface area contributed by atoms with Crippen molar-refractivity contribution in [2.45, 2.75) is 52.6 Å². The van der Waals surface area contributed by atoms with Crippen molar-refractivity contribution in [2.24, 2.45) is 40.4 Å². The molecule has 8 atom stereocenters. The molecule has 0 saturated heterocycles. The Morgan fingerprint density at radius 1 is 1.30 bits per heavy atom. The lowest BCUT2D eigenvalue weighted by atomic mass is 9.46. The minimum Gasteiger partial charge on any atom is -0.466 e. The zero-order valence-corrected chi connectivity index (χ0v) is 18.0. The summed E-state index contributed by atoms with van der Waals surface area (Å²) in [5.74, 6) is -1.81. The predicted molar refractivity (Wildman–Crippen MR) is 109 cm³/mol. The van der Waals surface area contributed by atoms with Gasteiger partial charge in [-0.2, -0.15) is 0 Å². The summed E-state index contributed by atoms with van der Waals surface area (Å²) >= 11 is 0. The van der Waals surface area contributed by atoms with Crippen LogP contribution in [-0.2, 0) is 19.1 Å². The number of Topliss-reactive ketones (excluding diaryl/α,β-unsaturated/α-hetero) is 1. The van der Waals surface area contributed by atoms with Crippen LogP contribution in [-0.4, -0.2) is 47.1 Å². The predicted octanol–water partition coefficient (Wildman–Crippen LogP) is 2.23. The number of hydrogen-bond acceptors (Lipinski definition) is 6. The van der Waals surface area contributed by atoms with E-state index < -0.39 is 35.4 Å². The summed E-state index contributed by atoms with van der Waals surface area (Å²) in [5.41, 5.74) is 0.112. The second-order valence-corrected chi connectivity index (χ2v) is 10.00. The van der Waals surface area contributed by atoms with Gasteiger partial charge in [-0.3, -0.25) is 14.4 Å². The van der Waals surface area contributed by atoms with Crippen molar-refractivity contribution in [3.8, 4) is 0 Å². The first-order valence-electron chi connectivity index (χ1n) is 11.1. The first kappa shape index (κ1) is 21.4. The van der Waals surface area contributed by atoms with Crippen LogP contribution in [0.3, 0.4) is 0 Å². The van der Waals surface area contributed by atoms with E-state index in [1.54, 1.807) is 19.1 Å². The average molecular weight is 417 g/mol. The number of rotatable bonds is 4. The molecule has 0 bridgehead atoms. The van der Waals surface area contributed by atoms with Gasteiger partial charge >= 0.3 is 5.97 Å². The van der Waals surface area contributed by atoms with Gasteiger partial charge in [0, 0.05) is 17.3 Å². The summed E-state index contributed by atoms with van der Waals surface area (Å²) in [6.45, 7) is 5.48. The SMILES string of the molecule is CCOC(=O)[C@@H]1C[C@H]2[C@@H]3CCC4=CC(=O)C=C[C@]4(C)[C@H]3[C@@H](O)C[C@]2(C)C1C(=O)CO. The monoisotopic (exact) mass is 416 g/mol. The van der Waals surface area contributed by atoms with Gasteiger partial charge in [0.05, 0.1) is 18.6 Å². The van der Waals surface area contributed by atoms with E-state index in [2.05, 4.69) is 6.92 Å². The van der Waals surface area contributed by atoms with Gasteiger partial charge in [-0.1, -0.05) is 25.5 Å². The van der Waals surface area contributed by atoms with Gasteiger partial charge in [-0.25, -0.2) is 0 Å². The van der Waals surface area contributed by atoms with E-state index in [0.717, 1.165) is 18.4 Å². The van der Waals surface area contributed by atoms with E-state index >= 15 is 0 Å². The minimum absolute atomic E-state index is 0.00656. The zero-order chi connectivity index (χ0) is 21.8. The Labute approximate surface area is 177 Å². The van der Waals surface area contributed by atoms with Crippen LogP contribution in [0.15, 0.2) is 23.8 Å². The van der Waals surface area contributed by atoms with E-state index in [-0.39, 0.29) is 41.9 Å². The third kappa shape index (κ3) is 2.94. The van der Waals surface area contributed by atoms with Gasteiger partial charge in [-0.05, 0) is 62.0 Å². The van der Waals surface area contributed by atoms with Crippen molar-refractivity contribution >= 4 is 17.5 Å². The minimum atomic E-state index is -0.655. The summed E-state index contributed by atoms with van der Waals surface area (Å²) in [5, 5.41) is 21.0. The second-order valence-electron chi connectivity index (χ2n) is 10.00. The number of ketones is 2. The lowest BCUT2D eigenvalue weighted by molar-refractivity contribution is -0.155. The second kappa shape index (κ2) is 7.41. The van der Waals surface area contributed by atoms with Gasteiger partial charge in [0.15, 0.2) is 11.6 Å². The van der Waals surface area contributed by atoms with Crippen LogP contribution in [0.25, 0.3) is 0 Å². The molecule has 0 aliphatic heterocycles. The standard InChI is InChI=1S/C24H32O6/c1-4-30-22(29)16-10-17-15-6-5-13-9-14(26)7-8-23(13,2)20(15)18(27)11-24(17,3)21(16)19(28)12-25/h7-9,15-18,20-21,25,27H,4-6,10-12H2,1-3H3/t15-,16+,17-,18-,20+,21?,23-,24-/m0/s1. The Morgan fingerprint density at radius 3 is 2.70 bits per heavy atom. The van der Waals surface area contributed by atoms with Gasteiger partial charge in [0.1, 0.15) is 6.61 Å². The molecule has 30 heavy (non-hydrogen) atoms. The molecule has 0 radical (unpaired) electrons. The number of esters is 1. The summed E-state index contributed by atoms with van der Waals surface area (Å²) in [6.07, 6.45) is 7.13. The first-order valence-corrected chi connectivity index (χ1v) is 11.1. The van der Waals surface area contributed by atoms with Crippen molar-refractivity contribution in [3.05, 3.63) is 23.8 Å². The van der Waals surface area contributed by atoms with Gasteiger partial charge in [0.2, 0.25) is 0 Å². The van der Waals surface area contributed by atoms with E-state index in [9.17, 15) is 24.6 Å². The summed E-state index contributed by atoms with van der Waals surface area (Å²) in [7, 11) is 0. The van der Waals surface area contributed by atoms with E-state index in [4.69, 9.17) is 4.74 Å². The molecule has 4 aliphatic rings. The maximum absolute atomic E-state index is 12.8. The van der Waals surface area contributed by atoms with E-state index in [1.807, 2.05) is 13.0 Å². The smallest absolute Gasteiger partial charge is 0.309 e. The van der Waals surface area contributed by atoms with Crippen LogP contribution in [0.2, 0.25) is 0 Å². The Hall–Kier alpha value is -1.79.